The number of ether oxygens (including phenoxy) is 2. The number of phenolic OH excluding ortho intramolecular Hbond substituents is 1. The zero-order chi connectivity index (χ0) is 20.6. The molecular weight excluding hydrogens is 358 g/mol. The quantitative estimate of drug-likeness (QED) is 0.705. The van der Waals surface area contributed by atoms with Crippen LogP contribution >= 0.6 is 0 Å². The van der Waals surface area contributed by atoms with Gasteiger partial charge in [0.1, 0.15) is 18.0 Å². The first kappa shape index (κ1) is 21.3. The third kappa shape index (κ3) is 8.12. The molecule has 2 aromatic rings. The maximum Gasteiger partial charge on any atom is 0.407 e. The van der Waals surface area contributed by atoms with Crippen LogP contribution in [0.2, 0.25) is 0 Å². The molecular formula is C22H27NO5. The molecule has 0 radical (unpaired) electrons. The minimum absolute atomic E-state index is 0.0122. The highest BCUT2D eigenvalue weighted by Gasteiger charge is 2.22. The van der Waals surface area contributed by atoms with Gasteiger partial charge in [-0.05, 0) is 50.5 Å². The number of hydrogen-bond acceptors (Lipinski definition) is 5. The van der Waals surface area contributed by atoms with Gasteiger partial charge in [0.25, 0.3) is 0 Å². The highest BCUT2D eigenvalue weighted by Crippen LogP contribution is 2.15. The predicted octanol–water partition coefficient (Wildman–Crippen LogP) is 3.96. The molecule has 2 aromatic carbocycles. The number of amides is 1. The molecule has 0 spiro atoms. The van der Waals surface area contributed by atoms with Crippen molar-refractivity contribution in [3.63, 3.8) is 0 Å². The summed E-state index contributed by atoms with van der Waals surface area (Å²) in [6, 6.07) is 15.5. The van der Waals surface area contributed by atoms with Crippen molar-refractivity contribution in [1.82, 2.24) is 5.32 Å². The fourth-order valence-corrected chi connectivity index (χ4v) is 2.61. The summed E-state index contributed by atoms with van der Waals surface area (Å²) >= 11 is 0. The van der Waals surface area contributed by atoms with Crippen molar-refractivity contribution in [3.8, 4) is 5.75 Å². The summed E-state index contributed by atoms with van der Waals surface area (Å²) in [5.41, 5.74) is 1.03. The molecule has 0 aliphatic heterocycles. The number of rotatable bonds is 7. The molecule has 0 fully saturated rings. The molecule has 0 saturated carbocycles. The molecule has 0 heterocycles. The van der Waals surface area contributed by atoms with Crippen LogP contribution in [0.25, 0.3) is 0 Å². The first-order valence-corrected chi connectivity index (χ1v) is 9.18. The van der Waals surface area contributed by atoms with E-state index in [1.54, 1.807) is 39.0 Å². The number of esters is 1. The molecule has 0 aromatic heterocycles. The number of alkyl carbamates (subject to hydrolysis) is 1. The minimum Gasteiger partial charge on any atom is -0.508 e. The molecule has 0 aliphatic rings. The van der Waals surface area contributed by atoms with Gasteiger partial charge in [-0.1, -0.05) is 42.5 Å². The van der Waals surface area contributed by atoms with Crippen molar-refractivity contribution in [3.05, 3.63) is 65.7 Å². The Bertz CT molecular complexity index is 783. The topological polar surface area (TPSA) is 84.9 Å². The third-order valence-corrected chi connectivity index (χ3v) is 3.77. The van der Waals surface area contributed by atoms with E-state index in [4.69, 9.17) is 9.47 Å². The van der Waals surface area contributed by atoms with Crippen LogP contribution in [0.5, 0.6) is 5.75 Å². The Morgan fingerprint density at radius 2 is 1.71 bits per heavy atom. The number of hydrogen-bond donors (Lipinski definition) is 2. The Labute approximate surface area is 165 Å². The van der Waals surface area contributed by atoms with Gasteiger partial charge in [-0.2, -0.15) is 0 Å². The van der Waals surface area contributed by atoms with E-state index in [1.165, 1.54) is 0 Å². The lowest BCUT2D eigenvalue weighted by atomic mass is 10.0. The molecule has 0 saturated heterocycles. The van der Waals surface area contributed by atoms with E-state index in [9.17, 15) is 14.7 Å². The fraction of sp³-hybridized carbons (Fsp3) is 0.364. The summed E-state index contributed by atoms with van der Waals surface area (Å²) in [5, 5.41) is 12.4. The summed E-state index contributed by atoms with van der Waals surface area (Å²) in [4.78, 5) is 24.4. The van der Waals surface area contributed by atoms with E-state index in [0.29, 0.717) is 6.42 Å². The Balaban J connectivity index is 1.99. The lowest BCUT2D eigenvalue weighted by molar-refractivity contribution is -0.145. The molecule has 6 heteroatoms. The van der Waals surface area contributed by atoms with E-state index in [2.05, 4.69) is 5.32 Å². The standard InChI is InChI=1S/C22H27NO5/c1-22(2,3)28-21(26)23-18(12-17-10-7-11-19(24)13-17)14-20(25)27-15-16-8-5-4-6-9-16/h4-11,13,18,24H,12,14-15H2,1-3H3,(H,23,26)/t18-/m1/s1. The first-order valence-electron chi connectivity index (χ1n) is 9.18. The molecule has 0 unspecified atom stereocenters. The minimum atomic E-state index is -0.645. The Hall–Kier alpha value is -3.02. The highest BCUT2D eigenvalue weighted by atomic mass is 16.6. The number of carbonyl (C=O) groups excluding carboxylic acids is 2. The zero-order valence-corrected chi connectivity index (χ0v) is 16.5. The summed E-state index contributed by atoms with van der Waals surface area (Å²) in [6.07, 6.45) is -0.260. The second-order valence-corrected chi connectivity index (χ2v) is 7.57. The van der Waals surface area contributed by atoms with E-state index in [1.807, 2.05) is 36.4 Å². The molecule has 1 amide bonds. The van der Waals surface area contributed by atoms with Crippen molar-refractivity contribution in [2.24, 2.45) is 0 Å². The SMILES string of the molecule is CC(C)(C)OC(=O)N[C@@H](CC(=O)OCc1ccccc1)Cc1cccc(O)c1. The monoisotopic (exact) mass is 385 g/mol. The van der Waals surface area contributed by atoms with Crippen LogP contribution in [0.15, 0.2) is 54.6 Å². The van der Waals surface area contributed by atoms with Crippen LogP contribution in [0.4, 0.5) is 4.79 Å². The molecule has 6 nitrogen and oxygen atoms in total. The number of benzene rings is 2. The smallest absolute Gasteiger partial charge is 0.407 e. The number of carbonyl (C=O) groups is 2. The zero-order valence-electron chi connectivity index (χ0n) is 16.5. The van der Waals surface area contributed by atoms with E-state index < -0.39 is 23.7 Å². The van der Waals surface area contributed by atoms with Crippen LogP contribution in [0.3, 0.4) is 0 Å². The number of aromatic hydroxyl groups is 1. The predicted molar refractivity (Wildman–Crippen MR) is 106 cm³/mol. The van der Waals surface area contributed by atoms with Crippen LogP contribution in [0, 0.1) is 0 Å². The van der Waals surface area contributed by atoms with E-state index in [0.717, 1.165) is 11.1 Å². The van der Waals surface area contributed by atoms with Crippen molar-refractivity contribution in [1.29, 1.82) is 0 Å². The average molecular weight is 385 g/mol. The Kier molecular flexibility index (Phi) is 7.44. The van der Waals surface area contributed by atoms with Gasteiger partial charge in [0.05, 0.1) is 6.42 Å². The molecule has 0 bridgehead atoms. The second kappa shape index (κ2) is 9.78. The Morgan fingerprint density at radius 3 is 2.36 bits per heavy atom. The largest absolute Gasteiger partial charge is 0.508 e. The summed E-state index contributed by atoms with van der Waals surface area (Å²) < 4.78 is 10.6. The maximum atomic E-state index is 12.3. The van der Waals surface area contributed by atoms with Crippen LogP contribution in [-0.4, -0.2) is 28.8 Å². The van der Waals surface area contributed by atoms with Crippen LogP contribution in [-0.2, 0) is 27.3 Å². The fourth-order valence-electron chi connectivity index (χ4n) is 2.61. The third-order valence-electron chi connectivity index (χ3n) is 3.77. The van der Waals surface area contributed by atoms with E-state index in [-0.39, 0.29) is 18.8 Å². The number of phenols is 1. The van der Waals surface area contributed by atoms with Gasteiger partial charge in [0.15, 0.2) is 0 Å². The van der Waals surface area contributed by atoms with Gasteiger partial charge in [-0.25, -0.2) is 4.79 Å². The molecule has 150 valence electrons. The van der Waals surface area contributed by atoms with Gasteiger partial charge in [0, 0.05) is 6.04 Å². The lowest BCUT2D eigenvalue weighted by Crippen LogP contribution is -2.41. The number of nitrogens with one attached hydrogen (secondary N) is 1. The molecule has 0 aliphatic carbocycles. The molecule has 2 N–H and O–H groups in total. The maximum absolute atomic E-state index is 12.3. The van der Waals surface area contributed by atoms with Gasteiger partial charge >= 0.3 is 12.1 Å². The van der Waals surface area contributed by atoms with Gasteiger partial charge < -0.3 is 19.9 Å². The van der Waals surface area contributed by atoms with Gasteiger partial charge in [-0.15, -0.1) is 0 Å². The summed E-state index contributed by atoms with van der Waals surface area (Å²) in [7, 11) is 0. The van der Waals surface area contributed by atoms with Gasteiger partial charge in [0.2, 0.25) is 0 Å². The molecule has 2 rings (SSSR count). The first-order chi connectivity index (χ1) is 13.2. The highest BCUT2D eigenvalue weighted by molar-refractivity contribution is 5.73. The normalized spacial score (nSPS) is 12.1. The molecule has 1 atom stereocenters. The second-order valence-electron chi connectivity index (χ2n) is 7.57. The van der Waals surface area contributed by atoms with Crippen molar-refractivity contribution >= 4 is 12.1 Å². The van der Waals surface area contributed by atoms with Crippen molar-refractivity contribution in [2.75, 3.05) is 0 Å². The Morgan fingerprint density at radius 1 is 1.04 bits per heavy atom. The van der Waals surface area contributed by atoms with E-state index >= 15 is 0 Å². The average Bonchev–Trinajstić information content (AvgIpc) is 2.59. The van der Waals surface area contributed by atoms with Crippen molar-refractivity contribution in [2.45, 2.75) is 51.9 Å². The molecule has 28 heavy (non-hydrogen) atoms. The summed E-state index contributed by atoms with van der Waals surface area (Å²) in [5.74, 6) is -0.301. The van der Waals surface area contributed by atoms with Crippen molar-refractivity contribution < 1.29 is 24.2 Å². The van der Waals surface area contributed by atoms with Crippen LogP contribution < -0.4 is 5.32 Å². The van der Waals surface area contributed by atoms with Gasteiger partial charge in [-0.3, -0.25) is 4.79 Å². The lowest BCUT2D eigenvalue weighted by Gasteiger charge is -2.23. The summed E-state index contributed by atoms with van der Waals surface area (Å²) in [6.45, 7) is 5.48. The van der Waals surface area contributed by atoms with Crippen LogP contribution in [0.1, 0.15) is 38.3 Å².